The van der Waals surface area contributed by atoms with E-state index in [1.807, 2.05) is 0 Å². The number of hydrogen-bond acceptors (Lipinski definition) is 3. The minimum absolute atomic E-state index is 0. The summed E-state index contributed by atoms with van der Waals surface area (Å²) < 4.78 is 84.1. The van der Waals surface area contributed by atoms with Crippen molar-refractivity contribution < 1.29 is 31.1 Å². The Morgan fingerprint density at radius 1 is 1.03 bits per heavy atom. The highest BCUT2D eigenvalue weighted by Crippen LogP contribution is 2.41. The van der Waals surface area contributed by atoms with Gasteiger partial charge in [-0.1, -0.05) is 11.6 Å². The number of pyridine rings is 1. The van der Waals surface area contributed by atoms with E-state index in [1.165, 1.54) is 12.3 Å². The molecule has 3 nitrogen and oxygen atoms in total. The predicted octanol–water partition coefficient (Wildman–Crippen LogP) is 5.99. The van der Waals surface area contributed by atoms with Gasteiger partial charge in [-0.3, -0.25) is 0 Å². The van der Waals surface area contributed by atoms with Crippen LogP contribution in [0, 0.1) is 0 Å². The first-order chi connectivity index (χ1) is 12.9. The van der Waals surface area contributed by atoms with Crippen LogP contribution in [-0.4, -0.2) is 24.2 Å². The molecule has 0 bridgehead atoms. The number of ether oxygens (including phenoxy) is 1. The summed E-state index contributed by atoms with van der Waals surface area (Å²) in [5.41, 5.74) is -3.44. The second kappa shape index (κ2) is 8.20. The average molecular weight is 461 g/mol. The molecule has 1 fully saturated rings. The van der Waals surface area contributed by atoms with Gasteiger partial charge >= 0.3 is 12.4 Å². The largest absolute Gasteiger partial charge is 0.490 e. The van der Waals surface area contributed by atoms with Gasteiger partial charge in [0.15, 0.2) is 0 Å². The van der Waals surface area contributed by atoms with Gasteiger partial charge in [-0.05, 0) is 49.7 Å². The van der Waals surface area contributed by atoms with E-state index in [4.69, 9.17) is 16.3 Å². The molecule has 0 amide bonds. The Bertz CT molecular complexity index is 849. The van der Waals surface area contributed by atoms with Crippen LogP contribution in [0.1, 0.15) is 24.0 Å². The molecular weight excluding hydrogens is 445 g/mol. The highest BCUT2D eigenvalue weighted by molar-refractivity contribution is 6.32. The number of benzene rings is 1. The van der Waals surface area contributed by atoms with Crippen LogP contribution in [0.15, 0.2) is 30.5 Å². The fourth-order valence-corrected chi connectivity index (χ4v) is 2.87. The van der Waals surface area contributed by atoms with Crippen LogP contribution in [0.4, 0.5) is 26.3 Å². The van der Waals surface area contributed by atoms with E-state index in [9.17, 15) is 26.3 Å². The third-order valence-corrected chi connectivity index (χ3v) is 4.91. The summed E-state index contributed by atoms with van der Waals surface area (Å²) in [6, 6.07) is 2.57. The minimum Gasteiger partial charge on any atom is -0.490 e. The molecule has 1 N–H and O–H groups in total. The van der Waals surface area contributed by atoms with E-state index in [0.29, 0.717) is 18.7 Å². The van der Waals surface area contributed by atoms with Gasteiger partial charge in [0.2, 0.25) is 0 Å². The van der Waals surface area contributed by atoms with Crippen LogP contribution in [0.5, 0.6) is 5.75 Å². The molecule has 29 heavy (non-hydrogen) atoms. The second-order valence-electron chi connectivity index (χ2n) is 6.62. The summed E-state index contributed by atoms with van der Waals surface area (Å²) in [5, 5.41) is 2.88. The number of likely N-dealkylation sites (N-methyl/N-ethyl adjacent to an activating group) is 1. The van der Waals surface area contributed by atoms with Gasteiger partial charge in [-0.2, -0.15) is 26.3 Å². The van der Waals surface area contributed by atoms with Crippen molar-refractivity contribution in [2.45, 2.75) is 30.7 Å². The third-order valence-electron chi connectivity index (χ3n) is 4.61. The monoisotopic (exact) mass is 460 g/mol. The highest BCUT2D eigenvalue weighted by Gasteiger charge is 2.42. The maximum atomic E-state index is 13.1. The molecular formula is C18H16Cl2F6N2O. The van der Waals surface area contributed by atoms with Crippen LogP contribution in [0.3, 0.4) is 0 Å². The van der Waals surface area contributed by atoms with E-state index < -0.39 is 23.5 Å². The molecule has 1 aromatic carbocycles. The van der Waals surface area contributed by atoms with Crippen LogP contribution >= 0.6 is 24.0 Å². The molecule has 0 atom stereocenters. The minimum atomic E-state index is -4.95. The number of nitrogens with zero attached hydrogens (tertiary/aromatic N) is 1. The quantitative estimate of drug-likeness (QED) is 0.439. The lowest BCUT2D eigenvalue weighted by Crippen LogP contribution is -2.33. The number of rotatable bonds is 5. The normalized spacial score (nSPS) is 15.6. The standard InChI is InChI=1S/C18H15ClF6N2O.ClH/c1-26-16(2-3-16)9-28-13-7-14(15(19)27-8-13)10-4-11(17(20,21)22)6-12(5-10)18(23,24)25;/h4-8,26H,2-3,9H2,1H3;1H. The number of alkyl halides is 6. The van der Waals surface area contributed by atoms with Crippen LogP contribution < -0.4 is 10.1 Å². The first-order valence-corrected chi connectivity index (χ1v) is 8.58. The van der Waals surface area contributed by atoms with Crippen LogP contribution in [-0.2, 0) is 12.4 Å². The Labute approximate surface area is 173 Å². The van der Waals surface area contributed by atoms with Gasteiger partial charge in [0.25, 0.3) is 0 Å². The molecule has 0 spiro atoms. The van der Waals surface area contributed by atoms with E-state index in [-0.39, 0.29) is 46.0 Å². The highest BCUT2D eigenvalue weighted by atomic mass is 35.5. The van der Waals surface area contributed by atoms with Crippen molar-refractivity contribution in [2.24, 2.45) is 0 Å². The van der Waals surface area contributed by atoms with Crippen molar-refractivity contribution in [3.63, 3.8) is 0 Å². The Kier molecular flexibility index (Phi) is 6.66. The van der Waals surface area contributed by atoms with E-state index in [0.717, 1.165) is 12.8 Å². The van der Waals surface area contributed by atoms with Gasteiger partial charge in [0.1, 0.15) is 17.5 Å². The molecule has 1 aliphatic rings. The summed E-state index contributed by atoms with van der Waals surface area (Å²) in [7, 11) is 1.78. The molecule has 2 aromatic rings. The first-order valence-electron chi connectivity index (χ1n) is 8.21. The third kappa shape index (κ3) is 5.46. The van der Waals surface area contributed by atoms with Crippen molar-refractivity contribution >= 4 is 24.0 Å². The molecule has 1 heterocycles. The molecule has 0 saturated heterocycles. The Morgan fingerprint density at radius 3 is 2.03 bits per heavy atom. The molecule has 1 saturated carbocycles. The molecule has 0 aliphatic heterocycles. The fourth-order valence-electron chi connectivity index (χ4n) is 2.66. The maximum Gasteiger partial charge on any atom is 0.416 e. The summed E-state index contributed by atoms with van der Waals surface area (Å²) in [6.07, 6.45) is -6.82. The van der Waals surface area contributed by atoms with Crippen LogP contribution in [0.25, 0.3) is 11.1 Å². The molecule has 1 aliphatic carbocycles. The number of nitrogens with one attached hydrogen (secondary N) is 1. The smallest absolute Gasteiger partial charge is 0.416 e. The number of aromatic nitrogens is 1. The van der Waals surface area contributed by atoms with Gasteiger partial charge in [0.05, 0.1) is 22.9 Å². The Balaban J connectivity index is 0.00000300. The zero-order valence-corrected chi connectivity index (χ0v) is 16.5. The fraction of sp³-hybridized carbons (Fsp3) is 0.389. The van der Waals surface area contributed by atoms with E-state index in [2.05, 4.69) is 10.3 Å². The summed E-state index contributed by atoms with van der Waals surface area (Å²) in [5.74, 6) is 0.201. The average Bonchev–Trinajstić information content (AvgIpc) is 3.40. The van der Waals surface area contributed by atoms with Gasteiger partial charge in [-0.25, -0.2) is 4.98 Å². The molecule has 0 unspecified atom stereocenters. The number of hydrogen-bond donors (Lipinski definition) is 1. The maximum absolute atomic E-state index is 13.1. The molecule has 11 heteroatoms. The van der Waals surface area contributed by atoms with Crippen molar-refractivity contribution in [3.8, 4) is 16.9 Å². The molecule has 0 radical (unpaired) electrons. The van der Waals surface area contributed by atoms with Gasteiger partial charge < -0.3 is 10.1 Å². The summed E-state index contributed by atoms with van der Waals surface area (Å²) in [6.45, 7) is 0.294. The van der Waals surface area contributed by atoms with Gasteiger partial charge in [-0.15, -0.1) is 12.4 Å². The molecule has 160 valence electrons. The van der Waals surface area contributed by atoms with Gasteiger partial charge in [0, 0.05) is 5.56 Å². The lowest BCUT2D eigenvalue weighted by molar-refractivity contribution is -0.143. The zero-order chi connectivity index (χ0) is 20.7. The summed E-state index contributed by atoms with van der Waals surface area (Å²) in [4.78, 5) is 3.84. The molecule has 3 rings (SSSR count). The molecule has 1 aromatic heterocycles. The lowest BCUT2D eigenvalue weighted by atomic mass is 10.00. The predicted molar refractivity (Wildman–Crippen MR) is 98.5 cm³/mol. The van der Waals surface area contributed by atoms with E-state index in [1.54, 1.807) is 7.05 Å². The SMILES string of the molecule is CNC1(COc2cnc(Cl)c(-c3cc(C(F)(F)F)cc(C(F)(F)F)c3)c2)CC1.Cl. The zero-order valence-electron chi connectivity index (χ0n) is 14.9. The van der Waals surface area contributed by atoms with E-state index >= 15 is 0 Å². The van der Waals surface area contributed by atoms with Crippen molar-refractivity contribution in [1.82, 2.24) is 10.3 Å². The van der Waals surface area contributed by atoms with Crippen LogP contribution in [0.2, 0.25) is 5.15 Å². The van der Waals surface area contributed by atoms with Crippen molar-refractivity contribution in [2.75, 3.05) is 13.7 Å². The number of halogens is 8. The second-order valence-corrected chi connectivity index (χ2v) is 6.98. The summed E-state index contributed by atoms with van der Waals surface area (Å²) >= 11 is 5.95. The topological polar surface area (TPSA) is 34.1 Å². The lowest BCUT2D eigenvalue weighted by Gasteiger charge is -2.17. The Hall–Kier alpha value is -1.71. The van der Waals surface area contributed by atoms with Crippen molar-refractivity contribution in [3.05, 3.63) is 46.7 Å². The first kappa shape index (κ1) is 23.6. The van der Waals surface area contributed by atoms with Crippen molar-refractivity contribution in [1.29, 1.82) is 0 Å². The Morgan fingerprint density at radius 2 is 1.59 bits per heavy atom.